The predicted octanol–water partition coefficient (Wildman–Crippen LogP) is 2.58. The zero-order valence-corrected chi connectivity index (χ0v) is 11.2. The molecule has 0 heterocycles. The number of aliphatic hydroxyl groups is 1. The Bertz CT molecular complexity index is 380. The Morgan fingerprint density at radius 2 is 1.95 bits per heavy atom. The maximum atomic E-state index is 13.9. The van der Waals surface area contributed by atoms with Gasteiger partial charge in [0.1, 0.15) is 5.82 Å². The minimum atomic E-state index is -0.170. The van der Waals surface area contributed by atoms with Crippen LogP contribution >= 0.6 is 0 Å². The molecule has 0 unspecified atom stereocenters. The van der Waals surface area contributed by atoms with Gasteiger partial charge in [0.25, 0.3) is 0 Å². The fourth-order valence-corrected chi connectivity index (χ4v) is 2.73. The number of aliphatic hydroxyl groups excluding tert-OH is 1. The van der Waals surface area contributed by atoms with Crippen molar-refractivity contribution in [3.63, 3.8) is 0 Å². The molecule has 1 aliphatic rings. The smallest absolute Gasteiger partial charge is 0.146 e. The van der Waals surface area contributed by atoms with E-state index in [0.717, 1.165) is 12.8 Å². The molecule has 0 aliphatic heterocycles. The average Bonchev–Trinajstić information content (AvgIpc) is 2.94. The first-order valence-electron chi connectivity index (χ1n) is 7.02. The number of para-hydroxylation sites is 1. The van der Waals surface area contributed by atoms with E-state index < -0.39 is 0 Å². The minimum Gasteiger partial charge on any atom is -0.394 e. The van der Waals surface area contributed by atoms with Crippen LogP contribution in [0.2, 0.25) is 0 Å². The number of ether oxygens (including phenoxy) is 1. The lowest BCUT2D eigenvalue weighted by Crippen LogP contribution is -2.36. The van der Waals surface area contributed by atoms with Crippen molar-refractivity contribution in [2.75, 3.05) is 31.3 Å². The van der Waals surface area contributed by atoms with E-state index in [-0.39, 0.29) is 12.4 Å². The maximum absolute atomic E-state index is 13.9. The summed E-state index contributed by atoms with van der Waals surface area (Å²) in [7, 11) is 0. The molecule has 0 atom stereocenters. The molecule has 1 saturated carbocycles. The van der Waals surface area contributed by atoms with Crippen molar-refractivity contribution in [1.82, 2.24) is 0 Å². The molecule has 1 aliphatic carbocycles. The van der Waals surface area contributed by atoms with Crippen LogP contribution in [0.4, 0.5) is 10.1 Å². The van der Waals surface area contributed by atoms with Crippen LogP contribution in [0.5, 0.6) is 0 Å². The van der Waals surface area contributed by atoms with Crippen molar-refractivity contribution in [2.45, 2.75) is 31.7 Å². The minimum absolute atomic E-state index is 0.0309. The number of nitrogens with zero attached hydrogens (tertiary/aromatic N) is 1. The first kappa shape index (κ1) is 14.3. The second-order valence-corrected chi connectivity index (χ2v) is 4.92. The Balaban J connectivity index is 2.03. The highest BCUT2D eigenvalue weighted by atomic mass is 19.1. The number of hydrogen-bond acceptors (Lipinski definition) is 3. The average molecular weight is 267 g/mol. The Kier molecular flexibility index (Phi) is 5.61. The highest BCUT2D eigenvalue weighted by Gasteiger charge is 2.24. The van der Waals surface area contributed by atoms with Gasteiger partial charge in [-0.15, -0.1) is 0 Å². The lowest BCUT2D eigenvalue weighted by molar-refractivity contribution is 0.0958. The lowest BCUT2D eigenvalue weighted by atomic mass is 10.1. The first-order chi connectivity index (χ1) is 9.33. The van der Waals surface area contributed by atoms with E-state index >= 15 is 0 Å². The molecule has 2 rings (SSSR count). The van der Waals surface area contributed by atoms with Gasteiger partial charge in [-0.25, -0.2) is 4.39 Å². The van der Waals surface area contributed by atoms with Crippen molar-refractivity contribution in [2.24, 2.45) is 0 Å². The zero-order chi connectivity index (χ0) is 13.5. The van der Waals surface area contributed by atoms with E-state index in [2.05, 4.69) is 4.90 Å². The molecule has 1 fully saturated rings. The lowest BCUT2D eigenvalue weighted by Gasteiger charge is -2.31. The van der Waals surface area contributed by atoms with Crippen LogP contribution in [0.15, 0.2) is 24.3 Å². The molecule has 19 heavy (non-hydrogen) atoms. The van der Waals surface area contributed by atoms with Gasteiger partial charge in [0.2, 0.25) is 0 Å². The van der Waals surface area contributed by atoms with Crippen molar-refractivity contribution in [3.8, 4) is 0 Å². The monoisotopic (exact) mass is 267 g/mol. The number of benzene rings is 1. The summed E-state index contributed by atoms with van der Waals surface area (Å²) in [4.78, 5) is 2.12. The molecule has 0 spiro atoms. The van der Waals surface area contributed by atoms with Crippen LogP contribution in [-0.4, -0.2) is 37.5 Å². The summed E-state index contributed by atoms with van der Waals surface area (Å²) in [5.74, 6) is -0.170. The predicted molar refractivity (Wildman–Crippen MR) is 73.9 cm³/mol. The molecule has 1 aromatic carbocycles. The molecule has 0 aromatic heterocycles. The summed E-state index contributed by atoms with van der Waals surface area (Å²) in [6.07, 6.45) is 4.67. The fourth-order valence-electron chi connectivity index (χ4n) is 2.73. The standard InChI is InChI=1S/C15H22FNO2/c16-14-7-3-4-8-15(14)17(9-11-19-12-10-18)13-5-1-2-6-13/h3-4,7-8,13,18H,1-2,5-6,9-12H2. The van der Waals surface area contributed by atoms with E-state index in [1.165, 1.54) is 18.9 Å². The van der Waals surface area contributed by atoms with E-state index in [1.807, 2.05) is 12.1 Å². The third kappa shape index (κ3) is 3.91. The van der Waals surface area contributed by atoms with Gasteiger partial charge in [0.15, 0.2) is 0 Å². The third-order valence-corrected chi connectivity index (χ3v) is 3.64. The highest BCUT2D eigenvalue weighted by molar-refractivity contribution is 5.48. The van der Waals surface area contributed by atoms with E-state index in [0.29, 0.717) is 31.5 Å². The summed E-state index contributed by atoms with van der Waals surface area (Å²) in [6, 6.07) is 7.34. The Morgan fingerprint density at radius 3 is 2.63 bits per heavy atom. The molecule has 0 radical (unpaired) electrons. The topological polar surface area (TPSA) is 32.7 Å². The molecule has 106 valence electrons. The van der Waals surface area contributed by atoms with Crippen LogP contribution in [-0.2, 0) is 4.74 Å². The van der Waals surface area contributed by atoms with E-state index in [9.17, 15) is 4.39 Å². The number of rotatable bonds is 7. The Labute approximate surface area is 114 Å². The van der Waals surface area contributed by atoms with Crippen LogP contribution in [0.3, 0.4) is 0 Å². The second kappa shape index (κ2) is 7.46. The zero-order valence-electron chi connectivity index (χ0n) is 11.2. The van der Waals surface area contributed by atoms with Gasteiger partial charge >= 0.3 is 0 Å². The van der Waals surface area contributed by atoms with Gasteiger partial charge in [0, 0.05) is 12.6 Å². The van der Waals surface area contributed by atoms with Crippen LogP contribution in [0, 0.1) is 5.82 Å². The van der Waals surface area contributed by atoms with Crippen molar-refractivity contribution >= 4 is 5.69 Å². The van der Waals surface area contributed by atoms with E-state index in [4.69, 9.17) is 9.84 Å². The van der Waals surface area contributed by atoms with Gasteiger partial charge in [-0.2, -0.15) is 0 Å². The quantitative estimate of drug-likeness (QED) is 0.771. The molecule has 4 heteroatoms. The molecule has 1 aromatic rings. The fraction of sp³-hybridized carbons (Fsp3) is 0.600. The van der Waals surface area contributed by atoms with Crippen molar-refractivity contribution < 1.29 is 14.2 Å². The molecule has 3 nitrogen and oxygen atoms in total. The largest absolute Gasteiger partial charge is 0.394 e. The van der Waals surface area contributed by atoms with Crippen molar-refractivity contribution in [1.29, 1.82) is 0 Å². The van der Waals surface area contributed by atoms with Crippen LogP contribution < -0.4 is 4.90 Å². The maximum Gasteiger partial charge on any atom is 0.146 e. The molecular formula is C15H22FNO2. The summed E-state index contributed by atoms with van der Waals surface area (Å²) < 4.78 is 19.3. The molecule has 0 amide bonds. The Morgan fingerprint density at radius 1 is 1.21 bits per heavy atom. The SMILES string of the molecule is OCCOCCN(c1ccccc1F)C1CCCC1. The van der Waals surface area contributed by atoms with Gasteiger partial charge in [-0.05, 0) is 25.0 Å². The van der Waals surface area contributed by atoms with Gasteiger partial charge < -0.3 is 14.7 Å². The first-order valence-corrected chi connectivity index (χ1v) is 7.02. The number of hydrogen-bond donors (Lipinski definition) is 1. The number of halogens is 1. The van der Waals surface area contributed by atoms with E-state index in [1.54, 1.807) is 6.07 Å². The molecule has 0 saturated heterocycles. The third-order valence-electron chi connectivity index (χ3n) is 3.64. The Hall–Kier alpha value is -1.13. The van der Waals surface area contributed by atoms with Gasteiger partial charge in [-0.1, -0.05) is 25.0 Å². The summed E-state index contributed by atoms with van der Waals surface area (Å²) in [5.41, 5.74) is 0.669. The van der Waals surface area contributed by atoms with Crippen LogP contribution in [0.25, 0.3) is 0 Å². The highest BCUT2D eigenvalue weighted by Crippen LogP contribution is 2.29. The summed E-state index contributed by atoms with van der Waals surface area (Å²) >= 11 is 0. The van der Waals surface area contributed by atoms with Gasteiger partial charge in [-0.3, -0.25) is 0 Å². The van der Waals surface area contributed by atoms with Crippen molar-refractivity contribution in [3.05, 3.63) is 30.1 Å². The molecule has 1 N–H and O–H groups in total. The second-order valence-electron chi connectivity index (χ2n) is 4.92. The normalized spacial score (nSPS) is 15.9. The summed E-state index contributed by atoms with van der Waals surface area (Å²) in [5, 5.41) is 8.71. The summed E-state index contributed by atoms with van der Waals surface area (Å²) in [6.45, 7) is 1.57. The number of anilines is 1. The molecular weight excluding hydrogens is 245 g/mol. The molecule has 0 bridgehead atoms. The van der Waals surface area contributed by atoms with Crippen LogP contribution in [0.1, 0.15) is 25.7 Å². The van der Waals surface area contributed by atoms with Gasteiger partial charge in [0.05, 0.1) is 25.5 Å².